The highest BCUT2D eigenvalue weighted by Gasteiger charge is 2.46. The second-order valence-electron chi connectivity index (χ2n) is 8.01. The largest absolute Gasteiger partial charge is 0.452 e. The van der Waals surface area contributed by atoms with E-state index in [9.17, 15) is 4.79 Å². The molecule has 5 nitrogen and oxygen atoms in total. The Morgan fingerprint density at radius 3 is 1.90 bits per heavy atom. The first-order valence-corrected chi connectivity index (χ1v) is 10.5. The summed E-state index contributed by atoms with van der Waals surface area (Å²) in [5.41, 5.74) is 3.57. The van der Waals surface area contributed by atoms with Crippen LogP contribution in [0.15, 0.2) is 97.2 Å². The molecule has 2 aliphatic rings. The summed E-state index contributed by atoms with van der Waals surface area (Å²) in [7, 11) is 5.70. The van der Waals surface area contributed by atoms with Crippen molar-refractivity contribution in [3.63, 3.8) is 0 Å². The van der Waals surface area contributed by atoms with E-state index in [0.717, 1.165) is 5.57 Å². The Morgan fingerprint density at radius 1 is 0.935 bits per heavy atom. The Labute approximate surface area is 184 Å². The summed E-state index contributed by atoms with van der Waals surface area (Å²) in [4.78, 5) is 18.7. The van der Waals surface area contributed by atoms with Crippen LogP contribution in [0.5, 0.6) is 0 Å². The first kappa shape index (κ1) is 21.1. The van der Waals surface area contributed by atoms with Gasteiger partial charge in [-0.3, -0.25) is 14.7 Å². The molecule has 2 aliphatic heterocycles. The van der Waals surface area contributed by atoms with Gasteiger partial charge in [-0.1, -0.05) is 78.9 Å². The van der Waals surface area contributed by atoms with Gasteiger partial charge in [0, 0.05) is 11.8 Å². The molecule has 0 N–H and O–H groups in total. The van der Waals surface area contributed by atoms with Crippen molar-refractivity contribution in [2.45, 2.75) is 24.3 Å². The van der Waals surface area contributed by atoms with E-state index >= 15 is 0 Å². The third-order valence-electron chi connectivity index (χ3n) is 6.25. The molecule has 1 unspecified atom stereocenters. The fourth-order valence-electron chi connectivity index (χ4n) is 4.86. The maximum atomic E-state index is 12.4. The molecule has 0 saturated carbocycles. The average Bonchev–Trinajstić information content (AvgIpc) is 3.09. The standard InChI is InChI=1S/C26H29N3O2/c1-5-22-17-16-21(18-29(22)26(30)31-4)25-27(2)23(19-12-8-6-9-13-19)24(28(25)3)20-14-10-7-11-15-20/h5-18,22-25H,1H2,2-4H3/t22?,23-,24-/m0/s1. The van der Waals surface area contributed by atoms with Crippen molar-refractivity contribution in [1.29, 1.82) is 0 Å². The molecule has 1 amide bonds. The highest BCUT2D eigenvalue weighted by atomic mass is 16.5. The number of rotatable bonds is 4. The monoisotopic (exact) mass is 415 g/mol. The molecular weight excluding hydrogens is 386 g/mol. The lowest BCUT2D eigenvalue weighted by Crippen LogP contribution is -2.41. The Morgan fingerprint density at radius 2 is 1.45 bits per heavy atom. The number of hydrogen-bond acceptors (Lipinski definition) is 4. The highest BCUT2D eigenvalue weighted by molar-refractivity contribution is 5.71. The summed E-state index contributed by atoms with van der Waals surface area (Å²) >= 11 is 0. The zero-order valence-corrected chi connectivity index (χ0v) is 18.3. The van der Waals surface area contributed by atoms with E-state index in [1.54, 1.807) is 11.0 Å². The van der Waals surface area contributed by atoms with Crippen molar-refractivity contribution in [1.82, 2.24) is 14.7 Å². The molecule has 5 heteroatoms. The lowest BCUT2D eigenvalue weighted by Gasteiger charge is -2.33. The summed E-state index contributed by atoms with van der Waals surface area (Å²) in [5, 5.41) is 0. The fraction of sp³-hybridized carbons (Fsp3) is 0.269. The lowest BCUT2D eigenvalue weighted by atomic mass is 9.93. The van der Waals surface area contributed by atoms with Gasteiger partial charge in [0.05, 0.1) is 31.4 Å². The minimum atomic E-state index is -0.394. The topological polar surface area (TPSA) is 36.0 Å². The van der Waals surface area contributed by atoms with Gasteiger partial charge < -0.3 is 4.74 Å². The van der Waals surface area contributed by atoms with Crippen LogP contribution in [-0.4, -0.2) is 54.2 Å². The minimum absolute atomic E-state index is 0.00964. The normalized spacial score (nSPS) is 24.8. The molecule has 2 aromatic carbocycles. The molecule has 31 heavy (non-hydrogen) atoms. The predicted molar refractivity (Wildman–Crippen MR) is 123 cm³/mol. The Bertz CT molecular complexity index is 935. The van der Waals surface area contributed by atoms with Crippen molar-refractivity contribution in [2.75, 3.05) is 21.2 Å². The number of carbonyl (C=O) groups is 1. The van der Waals surface area contributed by atoms with Crippen LogP contribution in [0, 0.1) is 0 Å². The van der Waals surface area contributed by atoms with Crippen LogP contribution in [-0.2, 0) is 4.74 Å². The number of hydrogen-bond donors (Lipinski definition) is 0. The van der Waals surface area contributed by atoms with Crippen LogP contribution in [0.1, 0.15) is 23.2 Å². The SMILES string of the molecule is C=CC1C=CC(C2N(C)[C@@H](c3ccccc3)[C@H](c3ccccc3)N2C)=CN1C(=O)OC. The van der Waals surface area contributed by atoms with Gasteiger partial charge in [-0.05, 0) is 25.2 Å². The van der Waals surface area contributed by atoms with Crippen molar-refractivity contribution in [3.8, 4) is 0 Å². The lowest BCUT2D eigenvalue weighted by molar-refractivity contribution is 0.134. The third-order valence-corrected chi connectivity index (χ3v) is 6.25. The number of carbonyl (C=O) groups excluding carboxylic acids is 1. The van der Waals surface area contributed by atoms with E-state index in [1.165, 1.54) is 18.2 Å². The van der Waals surface area contributed by atoms with Gasteiger partial charge >= 0.3 is 6.09 Å². The molecule has 160 valence electrons. The number of nitrogens with zero attached hydrogens (tertiary/aromatic N) is 3. The first-order chi connectivity index (χ1) is 15.1. The number of benzene rings is 2. The summed E-state index contributed by atoms with van der Waals surface area (Å²) in [6.07, 6.45) is 7.32. The van der Waals surface area contributed by atoms with Gasteiger partial charge in [0.2, 0.25) is 0 Å². The Kier molecular flexibility index (Phi) is 6.07. The minimum Gasteiger partial charge on any atom is -0.452 e. The van der Waals surface area contributed by atoms with Gasteiger partial charge in [0.25, 0.3) is 0 Å². The highest BCUT2D eigenvalue weighted by Crippen LogP contribution is 2.47. The maximum Gasteiger partial charge on any atom is 0.414 e. The summed E-state index contributed by atoms with van der Waals surface area (Å²) < 4.78 is 5.00. The van der Waals surface area contributed by atoms with Crippen molar-refractivity contribution < 1.29 is 9.53 Å². The van der Waals surface area contributed by atoms with Gasteiger partial charge in [-0.2, -0.15) is 0 Å². The molecule has 0 spiro atoms. The van der Waals surface area contributed by atoms with E-state index < -0.39 is 6.09 Å². The summed E-state index contributed by atoms with van der Waals surface area (Å²) in [6.45, 7) is 3.86. The number of ether oxygens (including phenoxy) is 1. The quantitative estimate of drug-likeness (QED) is 0.676. The third kappa shape index (κ3) is 3.82. The maximum absolute atomic E-state index is 12.4. The number of methoxy groups -OCH3 is 1. The zero-order valence-electron chi connectivity index (χ0n) is 18.3. The summed E-state index contributed by atoms with van der Waals surface area (Å²) in [6, 6.07) is 21.3. The Hall–Kier alpha value is -3.15. The molecular formula is C26H29N3O2. The van der Waals surface area contributed by atoms with E-state index in [2.05, 4.69) is 85.1 Å². The van der Waals surface area contributed by atoms with Crippen molar-refractivity contribution in [3.05, 3.63) is 108 Å². The molecule has 0 aromatic heterocycles. The van der Waals surface area contributed by atoms with Crippen LogP contribution in [0.2, 0.25) is 0 Å². The molecule has 1 saturated heterocycles. The second kappa shape index (κ2) is 8.92. The molecule has 0 aliphatic carbocycles. The molecule has 0 radical (unpaired) electrons. The number of likely N-dealkylation sites (N-methyl/N-ethyl adjacent to an activating group) is 2. The Balaban J connectivity index is 1.77. The molecule has 0 bridgehead atoms. The molecule has 4 rings (SSSR count). The predicted octanol–water partition coefficient (Wildman–Crippen LogP) is 4.75. The number of amides is 1. The smallest absolute Gasteiger partial charge is 0.414 e. The second-order valence-corrected chi connectivity index (χ2v) is 8.01. The van der Waals surface area contributed by atoms with Crippen molar-refractivity contribution in [2.24, 2.45) is 0 Å². The zero-order chi connectivity index (χ0) is 22.0. The van der Waals surface area contributed by atoms with Gasteiger partial charge in [-0.25, -0.2) is 4.79 Å². The van der Waals surface area contributed by atoms with Crippen LogP contribution in [0.4, 0.5) is 4.79 Å². The van der Waals surface area contributed by atoms with Crippen LogP contribution >= 0.6 is 0 Å². The van der Waals surface area contributed by atoms with Crippen LogP contribution in [0.25, 0.3) is 0 Å². The molecule has 2 heterocycles. The molecule has 1 fully saturated rings. The summed E-state index contributed by atoms with van der Waals surface area (Å²) in [5.74, 6) is 0. The first-order valence-electron chi connectivity index (χ1n) is 10.5. The average molecular weight is 416 g/mol. The molecule has 3 atom stereocenters. The van der Waals surface area contributed by atoms with Crippen molar-refractivity contribution >= 4 is 6.09 Å². The van der Waals surface area contributed by atoms with Crippen LogP contribution in [0.3, 0.4) is 0 Å². The van der Waals surface area contributed by atoms with E-state index in [0.29, 0.717) is 0 Å². The van der Waals surface area contributed by atoms with Crippen LogP contribution < -0.4 is 0 Å². The van der Waals surface area contributed by atoms with E-state index in [1.807, 2.05) is 24.4 Å². The fourth-order valence-corrected chi connectivity index (χ4v) is 4.86. The molecule has 2 aromatic rings. The van der Waals surface area contributed by atoms with E-state index in [4.69, 9.17) is 4.74 Å². The van der Waals surface area contributed by atoms with Gasteiger partial charge in [0.15, 0.2) is 0 Å². The van der Waals surface area contributed by atoms with Gasteiger partial charge in [0.1, 0.15) is 0 Å². The van der Waals surface area contributed by atoms with E-state index in [-0.39, 0.29) is 24.3 Å². The van der Waals surface area contributed by atoms with Gasteiger partial charge in [-0.15, -0.1) is 6.58 Å².